The second-order valence-corrected chi connectivity index (χ2v) is 7.79. The van der Waals surface area contributed by atoms with Crippen molar-refractivity contribution in [1.29, 1.82) is 5.26 Å². The number of nitrogen functional groups attached to an aromatic ring is 2. The van der Waals surface area contributed by atoms with Crippen LogP contribution in [0, 0.1) is 18.3 Å². The summed E-state index contributed by atoms with van der Waals surface area (Å²) < 4.78 is 1.54. The minimum atomic E-state index is -0.524. The molecule has 32 heavy (non-hydrogen) atoms. The number of aryl methyl sites for hydroxylation is 1. The van der Waals surface area contributed by atoms with E-state index in [0.717, 1.165) is 11.1 Å². The lowest BCUT2D eigenvalue weighted by molar-refractivity contribution is 0.102. The van der Waals surface area contributed by atoms with E-state index >= 15 is 0 Å². The summed E-state index contributed by atoms with van der Waals surface area (Å²) in [7, 11) is 0. The van der Waals surface area contributed by atoms with E-state index in [1.807, 2.05) is 32.9 Å². The van der Waals surface area contributed by atoms with Crippen molar-refractivity contribution in [2.24, 2.45) is 0 Å². The van der Waals surface area contributed by atoms with Crippen molar-refractivity contribution in [1.82, 2.24) is 14.5 Å². The predicted molar refractivity (Wildman–Crippen MR) is 124 cm³/mol. The molecule has 2 aromatic heterocycles. The average Bonchev–Trinajstić information content (AvgIpc) is 2.72. The Morgan fingerprint density at radius 1 is 1.25 bits per heavy atom. The number of nitrogens with two attached hydrogens (primary N) is 2. The van der Waals surface area contributed by atoms with Crippen molar-refractivity contribution < 1.29 is 4.79 Å². The molecule has 0 bridgehead atoms. The Balaban J connectivity index is 2.25. The van der Waals surface area contributed by atoms with E-state index in [1.165, 1.54) is 6.08 Å². The van der Waals surface area contributed by atoms with E-state index in [1.54, 1.807) is 41.1 Å². The predicted octanol–water partition coefficient (Wildman–Crippen LogP) is 3.05. The Bertz CT molecular complexity index is 1320. The first kappa shape index (κ1) is 22.4. The van der Waals surface area contributed by atoms with E-state index in [0.29, 0.717) is 22.5 Å². The van der Waals surface area contributed by atoms with E-state index in [4.69, 9.17) is 16.7 Å². The Hall–Kier alpha value is -4.25. The van der Waals surface area contributed by atoms with Crippen molar-refractivity contribution in [2.75, 3.05) is 11.5 Å². The molecule has 0 saturated heterocycles. The summed E-state index contributed by atoms with van der Waals surface area (Å²) in [5, 5.41) is 8.83. The van der Waals surface area contributed by atoms with E-state index < -0.39 is 5.56 Å². The molecule has 0 saturated carbocycles. The van der Waals surface area contributed by atoms with Gasteiger partial charge in [-0.2, -0.15) is 10.2 Å². The third-order valence-corrected chi connectivity index (χ3v) is 4.94. The van der Waals surface area contributed by atoms with Gasteiger partial charge in [-0.15, -0.1) is 0 Å². The second kappa shape index (κ2) is 9.27. The maximum atomic E-state index is 13.8. The number of nitriles is 1. The number of ketones is 1. The number of benzene rings is 1. The van der Waals surface area contributed by atoms with Gasteiger partial charge in [-0.25, -0.2) is 4.98 Å². The van der Waals surface area contributed by atoms with Crippen LogP contribution in [0.1, 0.15) is 58.1 Å². The number of carbonyl (C=O) groups is 1. The van der Waals surface area contributed by atoms with Crippen LogP contribution in [0.2, 0.25) is 0 Å². The molecule has 162 valence electrons. The lowest BCUT2D eigenvalue weighted by atomic mass is 9.95. The van der Waals surface area contributed by atoms with Crippen LogP contribution in [0.5, 0.6) is 0 Å². The molecule has 0 atom stereocenters. The number of pyridine rings is 1. The van der Waals surface area contributed by atoms with Gasteiger partial charge < -0.3 is 16.0 Å². The van der Waals surface area contributed by atoms with Gasteiger partial charge in [0.1, 0.15) is 11.5 Å². The third kappa shape index (κ3) is 4.73. The van der Waals surface area contributed by atoms with Crippen LogP contribution in [0.4, 0.5) is 11.8 Å². The molecule has 3 aromatic rings. The molecular formula is C24H24N6O2. The van der Waals surface area contributed by atoms with E-state index in [9.17, 15) is 9.59 Å². The number of aromatic nitrogens is 3. The molecule has 1 aromatic carbocycles. The summed E-state index contributed by atoms with van der Waals surface area (Å²) >= 11 is 0. The molecule has 0 unspecified atom stereocenters. The Labute approximate surface area is 185 Å². The number of hydrogen-bond acceptors (Lipinski definition) is 7. The molecule has 0 aliphatic heterocycles. The van der Waals surface area contributed by atoms with Crippen LogP contribution in [0.25, 0.3) is 6.08 Å². The summed E-state index contributed by atoms with van der Waals surface area (Å²) in [5.74, 6) is -0.335. The van der Waals surface area contributed by atoms with Gasteiger partial charge in [0.15, 0.2) is 0 Å². The summed E-state index contributed by atoms with van der Waals surface area (Å²) in [6.45, 7) is 5.71. The SMILES string of the molecule is Cc1cc(C=CC#N)cc(C(=O)c2c(C(C)C)c(=O)nc(N)n2Cc2ccnc(N)c2)c1. The fourth-order valence-electron chi connectivity index (χ4n) is 3.60. The zero-order valence-electron chi connectivity index (χ0n) is 18.2. The van der Waals surface area contributed by atoms with Crippen LogP contribution in [-0.2, 0) is 6.54 Å². The topological polar surface area (TPSA) is 141 Å². The van der Waals surface area contributed by atoms with Gasteiger partial charge in [-0.05, 0) is 59.9 Å². The summed E-state index contributed by atoms with van der Waals surface area (Å²) in [4.78, 5) is 34.5. The lowest BCUT2D eigenvalue weighted by Crippen LogP contribution is -2.29. The molecular weight excluding hydrogens is 404 g/mol. The van der Waals surface area contributed by atoms with Gasteiger partial charge in [0.2, 0.25) is 11.7 Å². The van der Waals surface area contributed by atoms with Crippen LogP contribution < -0.4 is 17.0 Å². The molecule has 8 nitrogen and oxygen atoms in total. The van der Waals surface area contributed by atoms with Gasteiger partial charge in [0.05, 0.1) is 12.6 Å². The van der Waals surface area contributed by atoms with Gasteiger partial charge in [-0.1, -0.05) is 19.9 Å². The first-order valence-corrected chi connectivity index (χ1v) is 10.0. The van der Waals surface area contributed by atoms with E-state index in [2.05, 4.69) is 9.97 Å². The first-order chi connectivity index (χ1) is 15.2. The monoisotopic (exact) mass is 428 g/mol. The average molecular weight is 428 g/mol. The van der Waals surface area contributed by atoms with Crippen LogP contribution in [0.15, 0.2) is 47.4 Å². The minimum Gasteiger partial charge on any atom is -0.384 e. The van der Waals surface area contributed by atoms with Crippen LogP contribution in [0.3, 0.4) is 0 Å². The molecule has 0 amide bonds. The number of allylic oxidation sites excluding steroid dienone is 1. The fourth-order valence-corrected chi connectivity index (χ4v) is 3.60. The van der Waals surface area contributed by atoms with Gasteiger partial charge in [-0.3, -0.25) is 9.59 Å². The van der Waals surface area contributed by atoms with Crippen molar-refractivity contribution in [3.05, 3.63) is 86.5 Å². The molecule has 0 radical (unpaired) electrons. The molecule has 0 aliphatic rings. The summed E-state index contributed by atoms with van der Waals surface area (Å²) in [5.41, 5.74) is 14.6. The smallest absolute Gasteiger partial charge is 0.278 e. The largest absolute Gasteiger partial charge is 0.384 e. The van der Waals surface area contributed by atoms with Gasteiger partial charge in [0, 0.05) is 23.4 Å². The van der Waals surface area contributed by atoms with E-state index in [-0.39, 0.29) is 29.9 Å². The molecule has 0 spiro atoms. The highest BCUT2D eigenvalue weighted by Gasteiger charge is 2.25. The Morgan fingerprint density at radius 2 is 2.00 bits per heavy atom. The molecule has 0 fully saturated rings. The number of anilines is 2. The third-order valence-electron chi connectivity index (χ3n) is 4.94. The highest BCUT2D eigenvalue weighted by atomic mass is 16.1. The fraction of sp³-hybridized carbons (Fsp3) is 0.208. The first-order valence-electron chi connectivity index (χ1n) is 10.0. The highest BCUT2D eigenvalue weighted by molar-refractivity contribution is 6.09. The van der Waals surface area contributed by atoms with Gasteiger partial charge >= 0.3 is 0 Å². The summed E-state index contributed by atoms with van der Waals surface area (Å²) in [6.07, 6.45) is 4.54. The Kier molecular flexibility index (Phi) is 6.50. The maximum absolute atomic E-state index is 13.8. The lowest BCUT2D eigenvalue weighted by Gasteiger charge is -2.20. The molecule has 3 rings (SSSR count). The van der Waals surface area contributed by atoms with Crippen LogP contribution in [-0.4, -0.2) is 20.3 Å². The van der Waals surface area contributed by atoms with Gasteiger partial charge in [0.25, 0.3) is 5.56 Å². The Morgan fingerprint density at radius 3 is 2.66 bits per heavy atom. The minimum absolute atomic E-state index is 0.0598. The molecule has 4 N–H and O–H groups in total. The number of rotatable bonds is 6. The molecule has 8 heteroatoms. The van der Waals surface area contributed by atoms with Crippen LogP contribution >= 0.6 is 0 Å². The number of nitrogens with zero attached hydrogens (tertiary/aromatic N) is 4. The standard InChI is InChI=1S/C24H24N6O2/c1-14(2)20-21(22(31)18-10-15(3)9-16(11-18)5-4-7-25)30(24(27)29-23(20)32)13-17-6-8-28-19(26)12-17/h4-6,8-12,14H,13H2,1-3H3,(H2,26,28)(H2,27,29,32). The van der Waals surface area contributed by atoms with Crippen molar-refractivity contribution in [3.63, 3.8) is 0 Å². The van der Waals surface area contributed by atoms with Crippen molar-refractivity contribution in [3.8, 4) is 6.07 Å². The van der Waals surface area contributed by atoms with Crippen molar-refractivity contribution >= 4 is 23.6 Å². The number of hydrogen-bond donors (Lipinski definition) is 2. The summed E-state index contributed by atoms with van der Waals surface area (Å²) in [6, 6.07) is 10.7. The maximum Gasteiger partial charge on any atom is 0.278 e. The molecule has 2 heterocycles. The zero-order chi connectivity index (χ0) is 23.4. The van der Waals surface area contributed by atoms with Crippen molar-refractivity contribution in [2.45, 2.75) is 33.2 Å². The quantitative estimate of drug-likeness (QED) is 0.454. The highest BCUT2D eigenvalue weighted by Crippen LogP contribution is 2.24. The normalized spacial score (nSPS) is 11.1. The zero-order valence-corrected chi connectivity index (χ0v) is 18.2. The number of carbonyl (C=O) groups excluding carboxylic acids is 1. The second-order valence-electron chi connectivity index (χ2n) is 7.79. The molecule has 0 aliphatic carbocycles.